The minimum Gasteiger partial charge on any atom is -0.318 e. The molecule has 0 aliphatic carbocycles. The highest BCUT2D eigenvalue weighted by atomic mass is 32.2. The predicted octanol–water partition coefficient (Wildman–Crippen LogP) is 5.33. The van der Waals surface area contributed by atoms with E-state index in [4.69, 9.17) is 5.41 Å². The van der Waals surface area contributed by atoms with E-state index in [0.29, 0.717) is 11.6 Å². The van der Waals surface area contributed by atoms with E-state index < -0.39 is 5.91 Å². The molecule has 2 aliphatic heterocycles. The maximum Gasteiger partial charge on any atom is 0.283 e. The van der Waals surface area contributed by atoms with Gasteiger partial charge in [0, 0.05) is 28.4 Å². The first-order chi connectivity index (χ1) is 15.4. The van der Waals surface area contributed by atoms with Crippen LogP contribution in [0, 0.1) is 26.2 Å². The largest absolute Gasteiger partial charge is 0.318 e. The molecule has 2 aliphatic rings. The van der Waals surface area contributed by atoms with Gasteiger partial charge in [-0.3, -0.25) is 10.2 Å². The maximum atomic E-state index is 12.8. The van der Waals surface area contributed by atoms with Gasteiger partial charge in [-0.15, -0.1) is 11.3 Å². The van der Waals surface area contributed by atoms with Crippen LogP contribution >= 0.6 is 23.1 Å². The first-order valence-electron chi connectivity index (χ1n) is 10.2. The van der Waals surface area contributed by atoms with E-state index in [-0.39, 0.29) is 11.4 Å². The normalized spacial score (nSPS) is 17.1. The second-order valence-electron chi connectivity index (χ2n) is 7.77. The molecule has 4 heterocycles. The van der Waals surface area contributed by atoms with Crippen molar-refractivity contribution in [1.29, 1.82) is 5.41 Å². The standard InChI is InChI=1S/C24H21N5OS2/c1-14-6-4-7-18(10-14)28-15(2)11-17(16(28)3)12-20-22(25)29-24(26-23(20)30)32-21(27-29)13-19-8-5-9-31-19/h4-12,25H,13H2,1-3H3/b20-12-,25-22?. The Balaban J connectivity index is 1.48. The molecule has 0 saturated heterocycles. The van der Waals surface area contributed by atoms with E-state index >= 15 is 0 Å². The van der Waals surface area contributed by atoms with Crippen LogP contribution in [-0.2, 0) is 11.2 Å². The van der Waals surface area contributed by atoms with Crippen molar-refractivity contribution in [2.75, 3.05) is 0 Å². The predicted molar refractivity (Wildman–Crippen MR) is 133 cm³/mol. The summed E-state index contributed by atoms with van der Waals surface area (Å²) < 4.78 is 2.16. The van der Waals surface area contributed by atoms with Gasteiger partial charge in [0.1, 0.15) is 5.04 Å². The highest BCUT2D eigenvalue weighted by Gasteiger charge is 2.35. The number of hydrogen-bond acceptors (Lipinski definition) is 5. The molecule has 1 N–H and O–H groups in total. The molecule has 0 spiro atoms. The Labute approximate surface area is 194 Å². The van der Waals surface area contributed by atoms with Gasteiger partial charge < -0.3 is 4.57 Å². The molecule has 32 heavy (non-hydrogen) atoms. The van der Waals surface area contributed by atoms with Crippen LogP contribution < -0.4 is 0 Å². The first-order valence-corrected chi connectivity index (χ1v) is 11.9. The average Bonchev–Trinajstić information content (AvgIpc) is 3.46. The number of hydrazone groups is 1. The summed E-state index contributed by atoms with van der Waals surface area (Å²) in [6, 6.07) is 14.4. The Hall–Kier alpha value is -3.23. The van der Waals surface area contributed by atoms with Crippen molar-refractivity contribution in [2.24, 2.45) is 10.1 Å². The lowest BCUT2D eigenvalue weighted by Crippen LogP contribution is -2.35. The molecule has 0 radical (unpaired) electrons. The van der Waals surface area contributed by atoms with Gasteiger partial charge in [-0.2, -0.15) is 15.1 Å². The summed E-state index contributed by atoms with van der Waals surface area (Å²) in [6.45, 7) is 6.13. The topological polar surface area (TPSA) is 73.8 Å². The van der Waals surface area contributed by atoms with Crippen LogP contribution in [0.1, 0.15) is 27.4 Å². The van der Waals surface area contributed by atoms with Gasteiger partial charge in [-0.25, -0.2) is 0 Å². The third-order valence-electron chi connectivity index (χ3n) is 5.43. The number of fused-ring (bicyclic) bond motifs is 1. The lowest BCUT2D eigenvalue weighted by molar-refractivity contribution is -0.114. The molecule has 5 rings (SSSR count). The van der Waals surface area contributed by atoms with Crippen LogP contribution in [0.2, 0.25) is 0 Å². The molecule has 2 aromatic heterocycles. The van der Waals surface area contributed by atoms with Gasteiger partial charge >= 0.3 is 0 Å². The molecule has 0 fully saturated rings. The van der Waals surface area contributed by atoms with E-state index in [0.717, 1.165) is 27.7 Å². The molecule has 1 amide bonds. The van der Waals surface area contributed by atoms with E-state index in [1.165, 1.54) is 27.2 Å². The summed E-state index contributed by atoms with van der Waals surface area (Å²) >= 11 is 3.02. The number of aryl methyl sites for hydroxylation is 2. The second-order valence-corrected chi connectivity index (χ2v) is 9.84. The SMILES string of the molecule is Cc1cccc(-n2c(C)cc(/C=C3/C(=N)N4N=C(Cc5cccs5)SC4=NC3=O)c2C)c1. The minimum absolute atomic E-state index is 0.0639. The Bertz CT molecular complexity index is 1340. The Morgan fingerprint density at radius 3 is 2.72 bits per heavy atom. The smallest absolute Gasteiger partial charge is 0.283 e. The lowest BCUT2D eigenvalue weighted by Gasteiger charge is -2.20. The molecule has 8 heteroatoms. The molecule has 6 nitrogen and oxygen atoms in total. The highest BCUT2D eigenvalue weighted by molar-refractivity contribution is 8.27. The van der Waals surface area contributed by atoms with Gasteiger partial charge in [-0.1, -0.05) is 18.2 Å². The lowest BCUT2D eigenvalue weighted by atomic mass is 10.1. The Morgan fingerprint density at radius 2 is 1.97 bits per heavy atom. The van der Waals surface area contributed by atoms with Crippen LogP contribution in [-0.4, -0.2) is 31.5 Å². The molecule has 0 saturated carbocycles. The summed E-state index contributed by atoms with van der Waals surface area (Å²) in [6.07, 6.45) is 2.44. The maximum absolute atomic E-state index is 12.8. The molecular weight excluding hydrogens is 438 g/mol. The molecule has 0 unspecified atom stereocenters. The molecular formula is C24H21N5OS2. The fraction of sp³-hybridized carbons (Fsp3) is 0.167. The van der Waals surface area contributed by atoms with Crippen molar-refractivity contribution < 1.29 is 4.79 Å². The van der Waals surface area contributed by atoms with Crippen LogP contribution in [0.4, 0.5) is 0 Å². The Morgan fingerprint density at radius 1 is 1.12 bits per heavy atom. The van der Waals surface area contributed by atoms with Crippen LogP contribution in [0.3, 0.4) is 0 Å². The number of amides is 1. The van der Waals surface area contributed by atoms with Gasteiger partial charge in [0.2, 0.25) is 5.17 Å². The number of aromatic nitrogens is 1. The average molecular weight is 460 g/mol. The molecule has 160 valence electrons. The van der Waals surface area contributed by atoms with Crippen molar-refractivity contribution in [2.45, 2.75) is 27.2 Å². The summed E-state index contributed by atoms with van der Waals surface area (Å²) in [5.41, 5.74) is 5.48. The number of benzene rings is 1. The zero-order chi connectivity index (χ0) is 22.4. The third kappa shape index (κ3) is 3.65. The zero-order valence-corrected chi connectivity index (χ0v) is 19.5. The number of carbonyl (C=O) groups excluding carboxylic acids is 1. The minimum atomic E-state index is -0.401. The molecule has 0 atom stereocenters. The molecule has 1 aromatic carbocycles. The van der Waals surface area contributed by atoms with Crippen molar-refractivity contribution in [3.63, 3.8) is 0 Å². The fourth-order valence-corrected chi connectivity index (χ4v) is 5.63. The van der Waals surface area contributed by atoms with Crippen molar-refractivity contribution >= 4 is 51.1 Å². The van der Waals surface area contributed by atoms with Crippen LogP contribution in [0.25, 0.3) is 11.8 Å². The third-order valence-corrected chi connectivity index (χ3v) is 7.22. The van der Waals surface area contributed by atoms with E-state index in [1.807, 2.05) is 37.4 Å². The molecule has 0 bridgehead atoms. The molecule has 3 aromatic rings. The van der Waals surface area contributed by atoms with Gasteiger partial charge in [0.05, 0.1) is 5.57 Å². The summed E-state index contributed by atoms with van der Waals surface area (Å²) in [5.74, 6) is -0.337. The van der Waals surface area contributed by atoms with Gasteiger partial charge in [0.25, 0.3) is 5.91 Å². The number of hydrogen-bond donors (Lipinski definition) is 1. The number of thioether (sulfide) groups is 1. The number of nitrogens with zero attached hydrogens (tertiary/aromatic N) is 4. The van der Waals surface area contributed by atoms with Gasteiger partial charge in [0.15, 0.2) is 5.84 Å². The van der Waals surface area contributed by atoms with Gasteiger partial charge in [-0.05, 0) is 79.4 Å². The second kappa shape index (κ2) is 8.03. The van der Waals surface area contributed by atoms with Crippen molar-refractivity contribution in [3.8, 4) is 5.69 Å². The highest BCUT2D eigenvalue weighted by Crippen LogP contribution is 2.31. The first kappa shape index (κ1) is 20.7. The van der Waals surface area contributed by atoms with Crippen LogP contribution in [0.15, 0.2) is 63.5 Å². The number of amidine groups is 2. The number of thiophene rings is 1. The zero-order valence-electron chi connectivity index (χ0n) is 17.9. The summed E-state index contributed by atoms with van der Waals surface area (Å²) in [4.78, 5) is 18.2. The number of aliphatic imine (C=N–C) groups is 1. The Kier molecular flexibility index (Phi) is 5.19. The monoisotopic (exact) mass is 459 g/mol. The van der Waals surface area contributed by atoms with Crippen molar-refractivity contribution in [1.82, 2.24) is 9.58 Å². The fourth-order valence-electron chi connectivity index (χ4n) is 3.92. The van der Waals surface area contributed by atoms with Crippen LogP contribution in [0.5, 0.6) is 0 Å². The summed E-state index contributed by atoms with van der Waals surface area (Å²) in [7, 11) is 0. The van der Waals surface area contributed by atoms with Crippen molar-refractivity contribution in [3.05, 3.63) is 80.8 Å². The van der Waals surface area contributed by atoms with E-state index in [9.17, 15) is 4.79 Å². The number of nitrogens with one attached hydrogen (secondary N) is 1. The number of rotatable bonds is 4. The van der Waals surface area contributed by atoms with E-state index in [1.54, 1.807) is 17.4 Å². The number of carbonyl (C=O) groups is 1. The summed E-state index contributed by atoms with van der Waals surface area (Å²) in [5, 5.41) is 18.0. The van der Waals surface area contributed by atoms with E-state index in [2.05, 4.69) is 45.9 Å². The quantitative estimate of drug-likeness (QED) is 0.536.